The van der Waals surface area contributed by atoms with Gasteiger partial charge in [0.05, 0.1) is 18.1 Å². The van der Waals surface area contributed by atoms with Crippen LogP contribution < -0.4 is 0 Å². The summed E-state index contributed by atoms with van der Waals surface area (Å²) in [6.45, 7) is 5.31. The number of nitrogens with zero attached hydrogens (tertiary/aromatic N) is 2. The molecule has 7 heteroatoms. The molecule has 22 heavy (non-hydrogen) atoms. The molecule has 120 valence electrons. The first kappa shape index (κ1) is 15.6. The third-order valence-electron chi connectivity index (χ3n) is 4.30. The number of hydrogen-bond donors (Lipinski definition) is 0. The Hall–Kier alpha value is -1.28. The van der Waals surface area contributed by atoms with Gasteiger partial charge in [0.2, 0.25) is 10.0 Å². The number of benzene rings is 1. The minimum atomic E-state index is -3.52. The fourth-order valence-corrected chi connectivity index (χ4v) is 4.42. The lowest BCUT2D eigenvalue weighted by Crippen LogP contribution is -2.58. The van der Waals surface area contributed by atoms with Crippen molar-refractivity contribution in [3.8, 4) is 0 Å². The summed E-state index contributed by atoms with van der Waals surface area (Å²) in [5.41, 5.74) is 0.518. The Morgan fingerprint density at radius 2 is 1.91 bits per heavy atom. The van der Waals surface area contributed by atoms with Crippen molar-refractivity contribution in [2.75, 3.05) is 39.4 Å². The first-order chi connectivity index (χ1) is 10.5. The molecule has 0 radical (unpaired) electrons. The van der Waals surface area contributed by atoms with E-state index in [-0.39, 0.29) is 16.7 Å². The highest BCUT2D eigenvalue weighted by atomic mass is 32.2. The fourth-order valence-electron chi connectivity index (χ4n) is 2.95. The average Bonchev–Trinajstić information content (AvgIpc) is 2.54. The van der Waals surface area contributed by atoms with Crippen LogP contribution in [0.2, 0.25) is 0 Å². The lowest BCUT2D eigenvalue weighted by molar-refractivity contribution is -0.0304. The van der Waals surface area contributed by atoms with Crippen LogP contribution in [0.3, 0.4) is 0 Å². The number of morpholine rings is 1. The van der Waals surface area contributed by atoms with Gasteiger partial charge in [0.1, 0.15) is 0 Å². The number of Topliss-reactive ketones (excluding diaryl/α,β-unsaturated/α-hetero) is 1. The zero-order valence-corrected chi connectivity index (χ0v) is 13.4. The van der Waals surface area contributed by atoms with Crippen molar-refractivity contribution in [2.24, 2.45) is 0 Å². The first-order valence-electron chi connectivity index (χ1n) is 7.41. The standard InChI is InChI=1S/C15H20N2O4S/c1-12(18)13-2-4-15(5-3-13)22(19,20)17-7-6-16-8-9-21-11-14(16)10-17/h2-5,14H,6-11H2,1H3. The highest BCUT2D eigenvalue weighted by Gasteiger charge is 2.35. The number of carbonyl (C=O) groups excluding carboxylic acids is 1. The highest BCUT2D eigenvalue weighted by molar-refractivity contribution is 7.89. The van der Waals surface area contributed by atoms with Crippen molar-refractivity contribution in [2.45, 2.75) is 17.9 Å². The van der Waals surface area contributed by atoms with E-state index in [9.17, 15) is 13.2 Å². The summed E-state index contributed by atoms with van der Waals surface area (Å²) in [7, 11) is -3.52. The molecule has 1 unspecified atom stereocenters. The predicted molar refractivity (Wildman–Crippen MR) is 81.4 cm³/mol. The Kier molecular flexibility index (Phi) is 4.31. The Balaban J connectivity index is 1.79. The van der Waals surface area contributed by atoms with Crippen molar-refractivity contribution in [3.63, 3.8) is 0 Å². The van der Waals surface area contributed by atoms with E-state index in [1.165, 1.54) is 23.4 Å². The molecule has 2 aliphatic rings. The molecule has 1 atom stereocenters. The lowest BCUT2D eigenvalue weighted by atomic mass is 10.2. The van der Waals surface area contributed by atoms with Gasteiger partial charge in [-0.1, -0.05) is 12.1 Å². The number of carbonyl (C=O) groups is 1. The summed E-state index contributed by atoms with van der Waals surface area (Å²) in [6.07, 6.45) is 0. The maximum Gasteiger partial charge on any atom is 0.243 e. The van der Waals surface area contributed by atoms with Gasteiger partial charge in [-0.3, -0.25) is 9.69 Å². The third kappa shape index (κ3) is 2.94. The molecule has 0 amide bonds. The van der Waals surface area contributed by atoms with Crippen LogP contribution in [0.15, 0.2) is 29.2 Å². The van der Waals surface area contributed by atoms with Crippen LogP contribution in [0.4, 0.5) is 0 Å². The molecule has 0 bridgehead atoms. The Bertz CT molecular complexity index is 657. The Morgan fingerprint density at radius 3 is 2.59 bits per heavy atom. The van der Waals surface area contributed by atoms with Gasteiger partial charge in [0.15, 0.2) is 5.78 Å². The quantitative estimate of drug-likeness (QED) is 0.762. The van der Waals surface area contributed by atoms with Gasteiger partial charge in [-0.25, -0.2) is 8.42 Å². The maximum absolute atomic E-state index is 12.7. The highest BCUT2D eigenvalue weighted by Crippen LogP contribution is 2.22. The van der Waals surface area contributed by atoms with Crippen molar-refractivity contribution >= 4 is 15.8 Å². The van der Waals surface area contributed by atoms with Gasteiger partial charge in [-0.05, 0) is 19.1 Å². The second kappa shape index (κ2) is 6.08. The normalized spacial score (nSPS) is 24.0. The molecular weight excluding hydrogens is 304 g/mol. The predicted octanol–water partition coefficient (Wildman–Crippen LogP) is 0.594. The summed E-state index contributed by atoms with van der Waals surface area (Å²) in [4.78, 5) is 13.8. The molecule has 2 fully saturated rings. The molecule has 1 aromatic carbocycles. The first-order valence-corrected chi connectivity index (χ1v) is 8.85. The van der Waals surface area contributed by atoms with Crippen LogP contribution in [0.5, 0.6) is 0 Å². The molecule has 2 aliphatic heterocycles. The average molecular weight is 324 g/mol. The number of fused-ring (bicyclic) bond motifs is 1. The molecular formula is C15H20N2O4S. The number of hydrogen-bond acceptors (Lipinski definition) is 5. The van der Waals surface area contributed by atoms with E-state index in [2.05, 4.69) is 4.90 Å². The molecule has 2 heterocycles. The van der Waals surface area contributed by atoms with Gasteiger partial charge in [-0.2, -0.15) is 4.31 Å². The second-order valence-corrected chi connectivity index (χ2v) is 7.65. The van der Waals surface area contributed by atoms with E-state index < -0.39 is 10.0 Å². The second-order valence-electron chi connectivity index (χ2n) is 5.71. The summed E-state index contributed by atoms with van der Waals surface area (Å²) >= 11 is 0. The van der Waals surface area contributed by atoms with Crippen molar-refractivity contribution in [1.29, 1.82) is 0 Å². The number of ether oxygens (including phenoxy) is 1. The SMILES string of the molecule is CC(=O)c1ccc(S(=O)(=O)N2CCN3CCOCC3C2)cc1. The van der Waals surface area contributed by atoms with Crippen LogP contribution in [-0.4, -0.2) is 68.8 Å². The lowest BCUT2D eigenvalue weighted by Gasteiger charge is -2.43. The number of ketones is 1. The van der Waals surface area contributed by atoms with E-state index in [1.807, 2.05) is 0 Å². The monoisotopic (exact) mass is 324 g/mol. The third-order valence-corrected chi connectivity index (χ3v) is 6.18. The summed E-state index contributed by atoms with van der Waals surface area (Å²) in [5.74, 6) is -0.0723. The van der Waals surface area contributed by atoms with Crippen LogP contribution in [0, 0.1) is 0 Å². The Morgan fingerprint density at radius 1 is 1.18 bits per heavy atom. The van der Waals surface area contributed by atoms with E-state index in [0.717, 1.165) is 19.7 Å². The van der Waals surface area contributed by atoms with Gasteiger partial charge in [0.25, 0.3) is 0 Å². The van der Waals surface area contributed by atoms with Crippen molar-refractivity contribution in [3.05, 3.63) is 29.8 Å². The largest absolute Gasteiger partial charge is 0.378 e. The Labute approximate surface area is 130 Å². The van der Waals surface area contributed by atoms with Gasteiger partial charge >= 0.3 is 0 Å². The fraction of sp³-hybridized carbons (Fsp3) is 0.533. The minimum absolute atomic E-state index is 0.0723. The zero-order valence-electron chi connectivity index (χ0n) is 12.6. The van der Waals surface area contributed by atoms with Gasteiger partial charge in [-0.15, -0.1) is 0 Å². The zero-order chi connectivity index (χ0) is 15.7. The summed E-state index contributed by atoms with van der Waals surface area (Å²) < 4.78 is 32.4. The molecule has 0 saturated carbocycles. The minimum Gasteiger partial charge on any atom is -0.378 e. The topological polar surface area (TPSA) is 66.9 Å². The summed E-state index contributed by atoms with van der Waals surface area (Å²) in [6, 6.07) is 6.28. The van der Waals surface area contributed by atoms with Gasteiger partial charge < -0.3 is 4.74 Å². The van der Waals surface area contributed by atoms with E-state index in [0.29, 0.717) is 25.3 Å². The van der Waals surface area contributed by atoms with Crippen molar-refractivity contribution in [1.82, 2.24) is 9.21 Å². The smallest absolute Gasteiger partial charge is 0.243 e. The molecule has 0 spiro atoms. The van der Waals surface area contributed by atoms with E-state index >= 15 is 0 Å². The number of sulfonamides is 1. The van der Waals surface area contributed by atoms with Crippen LogP contribution in [0.1, 0.15) is 17.3 Å². The van der Waals surface area contributed by atoms with Gasteiger partial charge in [0, 0.05) is 37.8 Å². The number of piperazine rings is 1. The van der Waals surface area contributed by atoms with Crippen LogP contribution in [0.25, 0.3) is 0 Å². The molecule has 6 nitrogen and oxygen atoms in total. The molecule has 0 aliphatic carbocycles. The molecule has 0 N–H and O–H groups in total. The molecule has 2 saturated heterocycles. The maximum atomic E-state index is 12.7. The summed E-state index contributed by atoms with van der Waals surface area (Å²) in [5, 5.41) is 0. The molecule has 0 aromatic heterocycles. The van der Waals surface area contributed by atoms with E-state index in [1.54, 1.807) is 12.1 Å². The van der Waals surface area contributed by atoms with Crippen LogP contribution >= 0.6 is 0 Å². The molecule has 1 aromatic rings. The van der Waals surface area contributed by atoms with Crippen molar-refractivity contribution < 1.29 is 17.9 Å². The number of rotatable bonds is 3. The van der Waals surface area contributed by atoms with E-state index in [4.69, 9.17) is 4.74 Å². The van der Waals surface area contributed by atoms with Crippen LogP contribution in [-0.2, 0) is 14.8 Å². The molecule has 3 rings (SSSR count).